The number of aliphatic hydroxyl groups excluding tert-OH is 1. The Morgan fingerprint density at radius 2 is 2.08 bits per heavy atom. The number of carbonyl (C=O) groups excluding carboxylic acids is 3. The van der Waals surface area contributed by atoms with Gasteiger partial charge in [-0.15, -0.1) is 18.3 Å². The second kappa shape index (κ2) is 10.8. The van der Waals surface area contributed by atoms with E-state index in [9.17, 15) is 19.5 Å². The second-order valence-electron chi connectivity index (χ2n) is 11.0. The van der Waals surface area contributed by atoms with Crippen LogP contribution in [0.5, 0.6) is 0 Å². The molecule has 1 aromatic rings. The van der Waals surface area contributed by atoms with E-state index >= 15 is 0 Å². The van der Waals surface area contributed by atoms with Gasteiger partial charge in [0.1, 0.15) is 6.04 Å². The number of fused-ring (bicyclic) bond motifs is 1. The van der Waals surface area contributed by atoms with E-state index in [0.29, 0.717) is 19.4 Å². The van der Waals surface area contributed by atoms with Crippen LogP contribution in [0.3, 0.4) is 0 Å². The molecule has 1 N–H and O–H groups in total. The van der Waals surface area contributed by atoms with Crippen molar-refractivity contribution in [1.29, 1.82) is 0 Å². The molecule has 1 aromatic carbocycles. The first-order valence-corrected chi connectivity index (χ1v) is 14.3. The molecule has 2 amide bonds. The van der Waals surface area contributed by atoms with E-state index in [1.807, 2.05) is 45.9 Å². The maximum atomic E-state index is 14.7. The fourth-order valence-corrected chi connectivity index (χ4v) is 8.87. The molecule has 2 unspecified atom stereocenters. The van der Waals surface area contributed by atoms with Crippen LogP contribution in [0, 0.1) is 31.6 Å². The summed E-state index contributed by atoms with van der Waals surface area (Å²) in [5.74, 6) is -1.72. The molecule has 3 aliphatic rings. The van der Waals surface area contributed by atoms with Gasteiger partial charge in [-0.1, -0.05) is 32.1 Å². The van der Waals surface area contributed by atoms with Gasteiger partial charge >= 0.3 is 5.97 Å². The third-order valence-corrected chi connectivity index (χ3v) is 10.1. The zero-order valence-electron chi connectivity index (χ0n) is 22.6. The van der Waals surface area contributed by atoms with Crippen molar-refractivity contribution in [2.24, 2.45) is 17.8 Å². The molecule has 3 heterocycles. The Morgan fingerprint density at radius 3 is 2.70 bits per heavy atom. The molecule has 0 aromatic heterocycles. The lowest BCUT2D eigenvalue weighted by atomic mass is 9.71. The number of amides is 2. The average molecular weight is 529 g/mol. The number of benzene rings is 1. The number of thioether (sulfide) groups is 1. The van der Waals surface area contributed by atoms with Gasteiger partial charge < -0.3 is 19.6 Å². The fourth-order valence-electron chi connectivity index (χ4n) is 6.68. The van der Waals surface area contributed by atoms with E-state index in [4.69, 9.17) is 4.74 Å². The minimum atomic E-state index is -0.782. The van der Waals surface area contributed by atoms with Crippen LogP contribution < -0.4 is 4.90 Å². The molecule has 37 heavy (non-hydrogen) atoms. The molecule has 0 radical (unpaired) electrons. The maximum absolute atomic E-state index is 14.7. The summed E-state index contributed by atoms with van der Waals surface area (Å²) < 4.78 is 4.69. The topological polar surface area (TPSA) is 87.2 Å². The molecule has 7 nitrogen and oxygen atoms in total. The highest BCUT2D eigenvalue weighted by atomic mass is 32.2. The van der Waals surface area contributed by atoms with Crippen molar-refractivity contribution in [2.45, 2.75) is 76.0 Å². The number of ether oxygens (including phenoxy) is 1. The van der Waals surface area contributed by atoms with Gasteiger partial charge in [0.2, 0.25) is 5.91 Å². The zero-order valence-corrected chi connectivity index (χ0v) is 23.4. The van der Waals surface area contributed by atoms with Gasteiger partial charge in [-0.2, -0.15) is 0 Å². The Bertz CT molecular complexity index is 1070. The lowest BCUT2D eigenvalue weighted by molar-refractivity contribution is -0.154. The Balaban J connectivity index is 1.85. The van der Waals surface area contributed by atoms with Gasteiger partial charge in [-0.05, 0) is 63.1 Å². The Kier molecular flexibility index (Phi) is 8.10. The number of hydrogen-bond donors (Lipinski definition) is 1. The van der Waals surface area contributed by atoms with Gasteiger partial charge in [0.15, 0.2) is 0 Å². The van der Waals surface area contributed by atoms with Crippen LogP contribution >= 0.6 is 11.8 Å². The van der Waals surface area contributed by atoms with E-state index < -0.39 is 28.7 Å². The normalized spacial score (nSPS) is 28.9. The highest BCUT2D eigenvalue weighted by Gasteiger charge is 2.74. The van der Waals surface area contributed by atoms with Crippen molar-refractivity contribution >= 4 is 35.2 Å². The predicted molar refractivity (Wildman–Crippen MR) is 146 cm³/mol. The first-order valence-electron chi connectivity index (χ1n) is 13.4. The molecule has 8 heteroatoms. The Hall–Kier alpha value is -2.32. The van der Waals surface area contributed by atoms with Gasteiger partial charge in [-0.25, -0.2) is 0 Å². The monoisotopic (exact) mass is 528 g/mol. The van der Waals surface area contributed by atoms with E-state index in [1.54, 1.807) is 34.6 Å². The maximum Gasteiger partial charge on any atom is 0.310 e. The summed E-state index contributed by atoms with van der Waals surface area (Å²) in [6, 6.07) is 4.71. The summed E-state index contributed by atoms with van der Waals surface area (Å²) in [7, 11) is 0. The molecule has 4 rings (SSSR count). The van der Waals surface area contributed by atoms with Gasteiger partial charge in [0, 0.05) is 17.5 Å². The standard InChI is InChI=1S/C29H40N2O5S/c1-7-13-30(21-15-18(5)9-10-19(21)6)27(34)25-29-12-11-22(37-29)23(28(35)36-8-2)24(29)26(33)31(25)20(16-32)14-17(3)4/h7,9-10,15,17,20,22-25,32H,1,8,11-14,16H2,2-6H3/t20-,22-,23+,24+,25?,29?/m1/s1. The highest BCUT2D eigenvalue weighted by Crippen LogP contribution is 2.67. The number of aliphatic hydroxyl groups is 1. The number of nitrogens with zero attached hydrogens (tertiary/aromatic N) is 2. The van der Waals surface area contributed by atoms with Gasteiger partial charge in [-0.3, -0.25) is 14.4 Å². The van der Waals surface area contributed by atoms with E-state index in [1.165, 1.54) is 0 Å². The molecule has 3 aliphatic heterocycles. The number of carbonyl (C=O) groups is 3. The van der Waals surface area contributed by atoms with Crippen LogP contribution in [-0.4, -0.2) is 69.6 Å². The van der Waals surface area contributed by atoms with E-state index in [0.717, 1.165) is 23.2 Å². The molecule has 3 fully saturated rings. The summed E-state index contributed by atoms with van der Waals surface area (Å²) in [5.41, 5.74) is 2.78. The van der Waals surface area contributed by atoms with Crippen molar-refractivity contribution in [1.82, 2.24) is 4.90 Å². The molecule has 6 atom stereocenters. The number of likely N-dealkylation sites (tertiary alicyclic amines) is 1. The Morgan fingerprint density at radius 1 is 1.35 bits per heavy atom. The highest BCUT2D eigenvalue weighted by molar-refractivity contribution is 8.02. The molecule has 0 saturated carbocycles. The van der Waals surface area contributed by atoms with E-state index in [2.05, 4.69) is 6.58 Å². The van der Waals surface area contributed by atoms with Crippen molar-refractivity contribution in [3.63, 3.8) is 0 Å². The number of esters is 1. The summed E-state index contributed by atoms with van der Waals surface area (Å²) in [4.78, 5) is 45.4. The fraction of sp³-hybridized carbons (Fsp3) is 0.621. The molecule has 1 spiro atoms. The van der Waals surface area contributed by atoms with Crippen molar-refractivity contribution in [3.8, 4) is 0 Å². The first kappa shape index (κ1) is 27.7. The molecular weight excluding hydrogens is 488 g/mol. The Labute approximate surface area is 224 Å². The molecule has 2 bridgehead atoms. The quantitative estimate of drug-likeness (QED) is 0.366. The third-order valence-electron chi connectivity index (χ3n) is 8.11. The average Bonchev–Trinajstić information content (AvgIpc) is 3.49. The van der Waals surface area contributed by atoms with E-state index in [-0.39, 0.29) is 42.2 Å². The van der Waals surface area contributed by atoms with Gasteiger partial charge in [0.25, 0.3) is 5.91 Å². The van der Waals surface area contributed by atoms with Crippen LogP contribution in [0.2, 0.25) is 0 Å². The third kappa shape index (κ3) is 4.60. The number of anilines is 1. The molecule has 0 aliphatic carbocycles. The van der Waals surface area contributed by atoms with Crippen molar-refractivity contribution in [3.05, 3.63) is 42.0 Å². The van der Waals surface area contributed by atoms with Crippen LogP contribution in [-0.2, 0) is 19.1 Å². The van der Waals surface area contributed by atoms with Crippen molar-refractivity contribution in [2.75, 3.05) is 24.7 Å². The van der Waals surface area contributed by atoms with Gasteiger partial charge in [0.05, 0.1) is 35.8 Å². The van der Waals surface area contributed by atoms with Crippen LogP contribution in [0.4, 0.5) is 5.69 Å². The largest absolute Gasteiger partial charge is 0.466 e. The molecule has 3 saturated heterocycles. The summed E-state index contributed by atoms with van der Waals surface area (Å²) >= 11 is 1.62. The number of hydrogen-bond acceptors (Lipinski definition) is 6. The molecular formula is C29H40N2O5S. The van der Waals surface area contributed by atoms with Crippen LogP contribution in [0.1, 0.15) is 51.2 Å². The van der Waals surface area contributed by atoms with Crippen molar-refractivity contribution < 1.29 is 24.2 Å². The minimum Gasteiger partial charge on any atom is -0.466 e. The van der Waals surface area contributed by atoms with Crippen LogP contribution in [0.15, 0.2) is 30.9 Å². The predicted octanol–water partition coefficient (Wildman–Crippen LogP) is 3.88. The summed E-state index contributed by atoms with van der Waals surface area (Å²) in [5, 5.41) is 10.4. The first-order chi connectivity index (χ1) is 17.6. The number of rotatable bonds is 10. The lowest BCUT2D eigenvalue weighted by Crippen LogP contribution is -2.58. The smallest absolute Gasteiger partial charge is 0.310 e. The minimum absolute atomic E-state index is 0.0447. The number of aryl methyl sites for hydroxylation is 2. The SMILES string of the molecule is C=CCN(C(=O)C1N([C@@H](CO)CC(C)C)C(=O)[C@@H]2[C@@H](C(=O)OCC)[C@H]3CCC12S3)c1cc(C)ccc1C. The zero-order chi connectivity index (χ0) is 27.1. The summed E-state index contributed by atoms with van der Waals surface area (Å²) in [6.45, 7) is 14.0. The lowest BCUT2D eigenvalue weighted by Gasteiger charge is -2.40. The second-order valence-corrected chi connectivity index (χ2v) is 12.6. The van der Waals surface area contributed by atoms with Crippen LogP contribution in [0.25, 0.3) is 0 Å². The summed E-state index contributed by atoms with van der Waals surface area (Å²) in [6.07, 6.45) is 3.71. The molecule has 202 valence electrons.